The first-order chi connectivity index (χ1) is 12.1. The summed E-state index contributed by atoms with van der Waals surface area (Å²) in [6.45, 7) is 0. The molecule has 26 heavy (non-hydrogen) atoms. The highest BCUT2D eigenvalue weighted by Gasteiger charge is 2.24. The van der Waals surface area contributed by atoms with Gasteiger partial charge in [0.1, 0.15) is 24.5 Å². The van der Waals surface area contributed by atoms with E-state index in [1.54, 1.807) is 0 Å². The fourth-order valence-electron chi connectivity index (χ4n) is 1.61. The number of imidazole rings is 1. The van der Waals surface area contributed by atoms with Gasteiger partial charge in [0.25, 0.3) is 0 Å². The van der Waals surface area contributed by atoms with Crippen molar-refractivity contribution in [3.8, 4) is 0 Å². The summed E-state index contributed by atoms with van der Waals surface area (Å²) >= 11 is 3.81. The number of carbonyl (C=O) groups excluding carboxylic acids is 4. The minimum absolute atomic E-state index is 0.00894. The topological polar surface area (TPSA) is 209 Å². The summed E-state index contributed by atoms with van der Waals surface area (Å²) in [4.78, 5) is 54.2. The first-order valence-electron chi connectivity index (χ1n) is 7.30. The number of ether oxygens (including phenoxy) is 1. The molecule has 144 valence electrons. The highest BCUT2D eigenvalue weighted by atomic mass is 32.1. The summed E-state index contributed by atoms with van der Waals surface area (Å²) in [5, 5.41) is 0. The van der Waals surface area contributed by atoms with Crippen molar-refractivity contribution in [2.45, 2.75) is 31.0 Å². The van der Waals surface area contributed by atoms with Gasteiger partial charge in [0.2, 0.25) is 5.91 Å². The van der Waals surface area contributed by atoms with Gasteiger partial charge in [-0.2, -0.15) is 17.4 Å². The number of aromatic nitrogens is 2. The molecule has 1 aromatic rings. The predicted octanol–water partition coefficient (Wildman–Crippen LogP) is -3.76. The smallest absolute Gasteiger partial charge is 0.349 e. The Morgan fingerprint density at radius 3 is 2.27 bits per heavy atom. The average Bonchev–Trinajstić information content (AvgIpc) is 2.99. The zero-order valence-electron chi connectivity index (χ0n) is 13.6. The van der Waals surface area contributed by atoms with Crippen LogP contribution in [0.3, 0.4) is 0 Å². The summed E-state index contributed by atoms with van der Waals surface area (Å²) in [6, 6.07) is -3.46. The number of carbonyl (C=O) groups is 4. The standard InChI is InChI=1S/C13H20N6O6S/c14-7(11(21)24-12(22)9(16)4-26)1-6-3-19(5-18-6)25-13(23)8(15)2-10(17)20/h3,5,7-9,26H,1-2,4,14-16H2,(H2,17,20)/t7-,8-,9-/m0/s1. The Balaban J connectivity index is 2.57. The molecule has 0 radical (unpaired) electrons. The molecule has 0 aliphatic carbocycles. The summed E-state index contributed by atoms with van der Waals surface area (Å²) in [6.07, 6.45) is 1.92. The van der Waals surface area contributed by atoms with Gasteiger partial charge >= 0.3 is 17.9 Å². The van der Waals surface area contributed by atoms with Gasteiger partial charge < -0.3 is 32.5 Å². The quantitative estimate of drug-likeness (QED) is 0.158. The van der Waals surface area contributed by atoms with Crippen LogP contribution in [-0.2, 0) is 30.3 Å². The lowest BCUT2D eigenvalue weighted by atomic mass is 10.2. The molecular weight excluding hydrogens is 368 g/mol. The molecule has 0 aromatic carbocycles. The lowest BCUT2D eigenvalue weighted by molar-refractivity contribution is -0.161. The molecule has 3 atom stereocenters. The molecule has 0 fully saturated rings. The fourth-order valence-corrected chi connectivity index (χ4v) is 1.75. The third-order valence-corrected chi connectivity index (χ3v) is 3.36. The van der Waals surface area contributed by atoms with Crippen LogP contribution in [0.5, 0.6) is 0 Å². The fraction of sp³-hybridized carbons (Fsp3) is 0.462. The van der Waals surface area contributed by atoms with Crippen molar-refractivity contribution >= 4 is 36.4 Å². The van der Waals surface area contributed by atoms with Crippen LogP contribution in [-0.4, -0.2) is 57.4 Å². The molecule has 1 amide bonds. The Morgan fingerprint density at radius 1 is 1.08 bits per heavy atom. The molecule has 0 saturated heterocycles. The van der Waals surface area contributed by atoms with Crippen LogP contribution in [0.2, 0.25) is 0 Å². The number of thiol groups is 1. The number of nitrogens with two attached hydrogens (primary N) is 4. The third kappa shape index (κ3) is 6.79. The van der Waals surface area contributed by atoms with Gasteiger partial charge in [-0.15, -0.1) is 0 Å². The monoisotopic (exact) mass is 388 g/mol. The van der Waals surface area contributed by atoms with E-state index in [0.29, 0.717) is 0 Å². The molecule has 8 N–H and O–H groups in total. The summed E-state index contributed by atoms with van der Waals surface area (Å²) in [7, 11) is 0. The highest BCUT2D eigenvalue weighted by molar-refractivity contribution is 7.80. The molecule has 12 nitrogen and oxygen atoms in total. The van der Waals surface area contributed by atoms with E-state index in [2.05, 4.69) is 22.3 Å². The maximum Gasteiger partial charge on any atom is 0.349 e. The molecule has 0 unspecified atom stereocenters. The molecule has 0 spiro atoms. The molecular formula is C13H20N6O6S. The first-order valence-corrected chi connectivity index (χ1v) is 7.93. The van der Waals surface area contributed by atoms with Gasteiger partial charge in [-0.25, -0.2) is 19.4 Å². The van der Waals surface area contributed by atoms with Crippen molar-refractivity contribution in [1.82, 2.24) is 9.71 Å². The highest BCUT2D eigenvalue weighted by Crippen LogP contribution is 2.02. The van der Waals surface area contributed by atoms with Crippen LogP contribution in [0.4, 0.5) is 0 Å². The number of rotatable bonds is 9. The lowest BCUT2D eigenvalue weighted by Crippen LogP contribution is -2.41. The van der Waals surface area contributed by atoms with Crippen molar-refractivity contribution in [1.29, 1.82) is 0 Å². The number of primary amides is 1. The SMILES string of the molecule is NC(=O)C[C@H](N)C(=O)On1cnc(C[C@H](N)C(=O)OC(=O)[C@@H](N)CS)c1. The van der Waals surface area contributed by atoms with Crippen molar-refractivity contribution in [3.05, 3.63) is 18.2 Å². The zero-order valence-corrected chi connectivity index (χ0v) is 14.5. The number of hydrogen-bond acceptors (Lipinski definition) is 11. The van der Waals surface area contributed by atoms with E-state index in [1.807, 2.05) is 0 Å². The Labute approximate surface area is 153 Å². The molecule has 0 aliphatic rings. The van der Waals surface area contributed by atoms with Crippen molar-refractivity contribution in [3.63, 3.8) is 0 Å². The third-order valence-electron chi connectivity index (χ3n) is 2.97. The summed E-state index contributed by atoms with van der Waals surface area (Å²) in [5.74, 6) is -3.57. The number of esters is 2. The maximum atomic E-state index is 11.7. The first kappa shape index (κ1) is 21.6. The van der Waals surface area contributed by atoms with E-state index in [9.17, 15) is 19.2 Å². The van der Waals surface area contributed by atoms with Gasteiger partial charge in [0.05, 0.1) is 18.3 Å². The molecule has 1 rings (SSSR count). The second-order valence-corrected chi connectivity index (χ2v) is 5.62. The number of nitrogens with zero attached hydrogens (tertiary/aromatic N) is 2. The van der Waals surface area contributed by atoms with Gasteiger partial charge in [-0.1, -0.05) is 0 Å². The lowest BCUT2D eigenvalue weighted by Gasteiger charge is -2.11. The van der Waals surface area contributed by atoms with Crippen molar-refractivity contribution in [2.75, 3.05) is 5.75 Å². The van der Waals surface area contributed by atoms with Crippen LogP contribution in [0.1, 0.15) is 12.1 Å². The Hall–Kier alpha value is -2.48. The Bertz CT molecular complexity index is 680. The van der Waals surface area contributed by atoms with Gasteiger partial charge in [-0.05, 0) is 0 Å². The van der Waals surface area contributed by atoms with Crippen LogP contribution in [0.15, 0.2) is 12.5 Å². The molecule has 0 saturated carbocycles. The Morgan fingerprint density at radius 2 is 1.69 bits per heavy atom. The van der Waals surface area contributed by atoms with Crippen molar-refractivity contribution < 1.29 is 28.8 Å². The maximum absolute atomic E-state index is 11.7. The van der Waals surface area contributed by atoms with Crippen LogP contribution < -0.4 is 27.8 Å². The Kier molecular flexibility index (Phi) is 8.18. The van der Waals surface area contributed by atoms with E-state index in [4.69, 9.17) is 27.8 Å². The summed E-state index contributed by atoms with van der Waals surface area (Å²) < 4.78 is 5.45. The molecule has 1 aromatic heterocycles. The number of amides is 1. The van der Waals surface area contributed by atoms with E-state index >= 15 is 0 Å². The second-order valence-electron chi connectivity index (χ2n) is 5.25. The predicted molar refractivity (Wildman–Crippen MR) is 90.2 cm³/mol. The van der Waals surface area contributed by atoms with Gasteiger partial charge in [0, 0.05) is 12.2 Å². The van der Waals surface area contributed by atoms with E-state index in [-0.39, 0.29) is 24.3 Å². The molecule has 0 aliphatic heterocycles. The van der Waals surface area contributed by atoms with Crippen LogP contribution >= 0.6 is 12.6 Å². The average molecular weight is 388 g/mol. The van der Waals surface area contributed by atoms with E-state index in [0.717, 1.165) is 11.1 Å². The largest absolute Gasteiger partial charge is 0.391 e. The minimum Gasteiger partial charge on any atom is -0.391 e. The van der Waals surface area contributed by atoms with Crippen molar-refractivity contribution in [2.24, 2.45) is 22.9 Å². The second kappa shape index (κ2) is 9.86. The zero-order chi connectivity index (χ0) is 19.9. The number of hydrogen-bond donors (Lipinski definition) is 5. The molecule has 0 bridgehead atoms. The van der Waals surface area contributed by atoms with Crippen LogP contribution in [0, 0.1) is 0 Å². The van der Waals surface area contributed by atoms with E-state index < -0.39 is 41.9 Å². The van der Waals surface area contributed by atoms with Gasteiger partial charge in [0.15, 0.2) is 0 Å². The van der Waals surface area contributed by atoms with Crippen LogP contribution in [0.25, 0.3) is 0 Å². The summed E-state index contributed by atoms with van der Waals surface area (Å²) in [5.41, 5.74) is 21.7. The normalized spacial score (nSPS) is 14.2. The minimum atomic E-state index is -1.22. The molecule has 13 heteroatoms. The molecule has 1 heterocycles. The van der Waals surface area contributed by atoms with Gasteiger partial charge in [-0.3, -0.25) is 4.79 Å². The van der Waals surface area contributed by atoms with E-state index in [1.165, 1.54) is 6.20 Å².